The van der Waals surface area contributed by atoms with Crippen molar-refractivity contribution in [3.63, 3.8) is 0 Å². The summed E-state index contributed by atoms with van der Waals surface area (Å²) in [5.74, 6) is 0.0903. The van der Waals surface area contributed by atoms with Gasteiger partial charge in [-0.15, -0.1) is 0 Å². The lowest BCUT2D eigenvalue weighted by Gasteiger charge is -2.31. The van der Waals surface area contributed by atoms with Gasteiger partial charge in [0.25, 0.3) is 0 Å². The molecule has 0 aromatic carbocycles. The summed E-state index contributed by atoms with van der Waals surface area (Å²) in [5.41, 5.74) is 0.00336. The fourth-order valence-electron chi connectivity index (χ4n) is 3.06. The molecule has 1 fully saturated rings. The zero-order valence-corrected chi connectivity index (χ0v) is 13.9. The van der Waals surface area contributed by atoms with Gasteiger partial charge in [0.05, 0.1) is 10.7 Å². The zero-order valence-electron chi connectivity index (χ0n) is 12.3. The average Bonchev–Trinajstić information content (AvgIpc) is 2.66. The Bertz CT molecular complexity index is 462. The highest BCUT2D eigenvalue weighted by Gasteiger charge is 2.42. The first kappa shape index (κ1) is 15.7. The smallest absolute Gasteiger partial charge is 0.213 e. The van der Waals surface area contributed by atoms with Crippen molar-refractivity contribution in [2.24, 2.45) is 0 Å². The molecule has 112 valence electrons. The molecule has 0 bridgehead atoms. The number of carbonyl (C=O) groups excluding carboxylic acids is 1. The van der Waals surface area contributed by atoms with E-state index >= 15 is 0 Å². The Morgan fingerprint density at radius 1 is 1.35 bits per heavy atom. The van der Waals surface area contributed by atoms with Crippen LogP contribution in [0.5, 0.6) is 0 Å². The van der Waals surface area contributed by atoms with E-state index in [9.17, 15) is 4.79 Å². The fourth-order valence-corrected chi connectivity index (χ4v) is 3.53. The maximum absolute atomic E-state index is 13.1. The molecule has 0 unspecified atom stereocenters. The van der Waals surface area contributed by atoms with Crippen molar-refractivity contribution in [2.45, 2.75) is 64.5 Å². The number of rotatable bonds is 5. The van der Waals surface area contributed by atoms with Gasteiger partial charge in [-0.2, -0.15) is 5.10 Å². The Morgan fingerprint density at radius 3 is 2.55 bits per heavy atom. The van der Waals surface area contributed by atoms with E-state index in [-0.39, 0.29) is 5.78 Å². The van der Waals surface area contributed by atoms with Gasteiger partial charge in [-0.05, 0) is 42.6 Å². The van der Waals surface area contributed by atoms with Gasteiger partial charge < -0.3 is 4.74 Å². The molecule has 0 atom stereocenters. The van der Waals surface area contributed by atoms with Gasteiger partial charge in [-0.1, -0.05) is 25.7 Å². The van der Waals surface area contributed by atoms with Gasteiger partial charge in [0.15, 0.2) is 0 Å². The van der Waals surface area contributed by atoms with Crippen LogP contribution in [0.3, 0.4) is 0 Å². The minimum Gasteiger partial charge on any atom is -0.367 e. The molecule has 1 saturated carbocycles. The van der Waals surface area contributed by atoms with Crippen molar-refractivity contribution in [3.8, 4) is 0 Å². The number of aromatic nitrogens is 2. The van der Waals surface area contributed by atoms with Gasteiger partial charge in [0.2, 0.25) is 5.78 Å². The number of Topliss-reactive ketones (excluding diaryl/α,β-unsaturated/α-hetero) is 1. The van der Waals surface area contributed by atoms with Crippen LogP contribution in [0, 0.1) is 0 Å². The normalized spacial score (nSPS) is 18.8. The van der Waals surface area contributed by atoms with Crippen LogP contribution in [-0.4, -0.2) is 27.8 Å². The van der Waals surface area contributed by atoms with Crippen LogP contribution < -0.4 is 0 Å². The van der Waals surface area contributed by atoms with E-state index in [2.05, 4.69) is 21.0 Å². The summed E-state index contributed by atoms with van der Waals surface area (Å²) < 4.78 is 8.51. The number of ether oxygens (including phenoxy) is 1. The van der Waals surface area contributed by atoms with Crippen LogP contribution >= 0.6 is 15.9 Å². The van der Waals surface area contributed by atoms with Crippen LogP contribution in [-0.2, 0) is 11.3 Å². The Morgan fingerprint density at radius 2 is 2.00 bits per heavy atom. The van der Waals surface area contributed by atoms with E-state index in [1.54, 1.807) is 10.9 Å². The van der Waals surface area contributed by atoms with Crippen LogP contribution in [0.1, 0.15) is 62.9 Å². The minimum absolute atomic E-state index is 0.0903. The molecule has 0 spiro atoms. The highest BCUT2D eigenvalue weighted by atomic mass is 79.9. The summed E-state index contributed by atoms with van der Waals surface area (Å²) in [5, 5.41) is 4.26. The first-order chi connectivity index (χ1) is 9.64. The van der Waals surface area contributed by atoms with Crippen molar-refractivity contribution in [3.05, 3.63) is 16.4 Å². The van der Waals surface area contributed by atoms with Crippen molar-refractivity contribution in [1.29, 1.82) is 0 Å². The fraction of sp³-hybridized carbons (Fsp3) is 0.733. The summed E-state index contributed by atoms with van der Waals surface area (Å²) >= 11 is 3.46. The maximum Gasteiger partial charge on any atom is 0.213 e. The molecule has 0 amide bonds. The highest BCUT2D eigenvalue weighted by Crippen LogP contribution is 2.35. The van der Waals surface area contributed by atoms with Gasteiger partial charge >= 0.3 is 0 Å². The summed E-state index contributed by atoms with van der Waals surface area (Å²) in [6, 6.07) is 0. The molecule has 1 aromatic heterocycles. The summed E-state index contributed by atoms with van der Waals surface area (Å²) in [7, 11) is 0. The van der Waals surface area contributed by atoms with E-state index in [1.807, 2.05) is 13.8 Å². The Hall–Kier alpha value is -0.680. The lowest BCUT2D eigenvalue weighted by molar-refractivity contribution is -0.0299. The topological polar surface area (TPSA) is 44.1 Å². The lowest BCUT2D eigenvalue weighted by Crippen LogP contribution is -2.42. The molecule has 0 saturated heterocycles. The molecule has 5 heteroatoms. The largest absolute Gasteiger partial charge is 0.367 e. The number of carbonyl (C=O) groups is 1. The predicted octanol–water partition coefficient (Wildman–Crippen LogP) is 3.98. The van der Waals surface area contributed by atoms with Crippen LogP contribution in [0.15, 0.2) is 10.7 Å². The molecule has 0 radical (unpaired) electrons. The number of hydrogen-bond acceptors (Lipinski definition) is 3. The third-order valence-corrected chi connectivity index (χ3v) is 4.64. The summed E-state index contributed by atoms with van der Waals surface area (Å²) in [6.45, 7) is 5.22. The Kier molecular flexibility index (Phi) is 5.38. The molecular weight excluding hydrogens is 320 g/mol. The highest BCUT2D eigenvalue weighted by molar-refractivity contribution is 9.10. The predicted molar refractivity (Wildman–Crippen MR) is 82.0 cm³/mol. The van der Waals surface area contributed by atoms with Crippen molar-refractivity contribution < 1.29 is 9.53 Å². The minimum atomic E-state index is -0.652. The second-order valence-corrected chi connectivity index (χ2v) is 6.18. The molecular formula is C15H23BrN2O2. The van der Waals surface area contributed by atoms with Gasteiger partial charge in [0.1, 0.15) is 11.3 Å². The molecule has 0 aliphatic heterocycles. The van der Waals surface area contributed by atoms with Crippen LogP contribution in [0.4, 0.5) is 0 Å². The number of aryl methyl sites for hydroxylation is 1. The molecule has 0 N–H and O–H groups in total. The molecule has 4 nitrogen and oxygen atoms in total. The third kappa shape index (κ3) is 2.98. The Labute approximate surface area is 129 Å². The second-order valence-electron chi connectivity index (χ2n) is 5.33. The number of halogens is 1. The van der Waals surface area contributed by atoms with Crippen molar-refractivity contribution in [1.82, 2.24) is 9.78 Å². The van der Waals surface area contributed by atoms with Crippen LogP contribution in [0.25, 0.3) is 0 Å². The molecule has 20 heavy (non-hydrogen) atoms. The third-order valence-electron chi connectivity index (χ3n) is 4.06. The molecule has 1 aliphatic rings. The summed E-state index contributed by atoms with van der Waals surface area (Å²) in [6.07, 6.45) is 7.84. The quantitative estimate of drug-likeness (QED) is 0.600. The molecule has 1 heterocycles. The number of ketones is 1. The van der Waals surface area contributed by atoms with Crippen LogP contribution in [0.2, 0.25) is 0 Å². The van der Waals surface area contributed by atoms with E-state index in [4.69, 9.17) is 4.74 Å². The van der Waals surface area contributed by atoms with Gasteiger partial charge in [0, 0.05) is 13.2 Å². The SMILES string of the molecule is CCOC1(C(=O)c2c(Br)cnn2CC)CCCCCC1. The van der Waals surface area contributed by atoms with Gasteiger partial charge in [-0.25, -0.2) is 0 Å². The van der Waals surface area contributed by atoms with Crippen molar-refractivity contribution >= 4 is 21.7 Å². The average molecular weight is 343 g/mol. The molecule has 1 aromatic rings. The monoisotopic (exact) mass is 342 g/mol. The zero-order chi connectivity index (χ0) is 14.6. The van der Waals surface area contributed by atoms with E-state index in [0.29, 0.717) is 18.8 Å². The first-order valence-electron chi connectivity index (χ1n) is 7.54. The number of nitrogens with zero attached hydrogens (tertiary/aromatic N) is 2. The molecule has 2 rings (SSSR count). The van der Waals surface area contributed by atoms with E-state index < -0.39 is 5.60 Å². The van der Waals surface area contributed by atoms with Gasteiger partial charge in [-0.3, -0.25) is 9.48 Å². The van der Waals surface area contributed by atoms with Crippen molar-refractivity contribution in [2.75, 3.05) is 6.61 Å². The Balaban J connectivity index is 2.37. The lowest BCUT2D eigenvalue weighted by atomic mass is 9.87. The van der Waals surface area contributed by atoms with E-state index in [1.165, 1.54) is 12.8 Å². The molecule has 1 aliphatic carbocycles. The standard InChI is InChI=1S/C15H23BrN2O2/c1-3-18-13(12(16)11-17-18)14(19)15(20-4-2)9-7-5-6-8-10-15/h11H,3-10H2,1-2H3. The first-order valence-corrected chi connectivity index (χ1v) is 8.34. The summed E-state index contributed by atoms with van der Waals surface area (Å²) in [4.78, 5) is 13.1. The maximum atomic E-state index is 13.1. The number of hydrogen-bond donors (Lipinski definition) is 0. The van der Waals surface area contributed by atoms with E-state index in [0.717, 1.165) is 30.2 Å². The second kappa shape index (κ2) is 6.85.